The minimum Gasteiger partial charge on any atom is -0.368 e. The zero-order valence-electron chi connectivity index (χ0n) is 14.5. The van der Waals surface area contributed by atoms with E-state index in [1.807, 2.05) is 72.3 Å². The van der Waals surface area contributed by atoms with Crippen molar-refractivity contribution in [1.82, 2.24) is 4.57 Å². The first-order valence-corrected chi connectivity index (χ1v) is 8.59. The summed E-state index contributed by atoms with van der Waals surface area (Å²) < 4.78 is 1.83. The van der Waals surface area contributed by atoms with E-state index < -0.39 is 5.91 Å². The summed E-state index contributed by atoms with van der Waals surface area (Å²) in [5.41, 5.74) is 9.74. The van der Waals surface area contributed by atoms with Gasteiger partial charge in [-0.1, -0.05) is 36.4 Å². The van der Waals surface area contributed by atoms with Gasteiger partial charge in [0, 0.05) is 40.3 Å². The molecule has 2 heterocycles. The van der Waals surface area contributed by atoms with Crippen LogP contribution in [-0.4, -0.2) is 22.9 Å². The topological polar surface area (TPSA) is 68.3 Å². The molecule has 0 radical (unpaired) electrons. The molecule has 0 atom stereocenters. The smallest absolute Gasteiger partial charge is 0.258 e. The van der Waals surface area contributed by atoms with Crippen molar-refractivity contribution in [1.29, 1.82) is 0 Å². The minimum atomic E-state index is -0.399. The van der Waals surface area contributed by atoms with Gasteiger partial charge in [0.15, 0.2) is 0 Å². The first-order chi connectivity index (χ1) is 12.6. The van der Waals surface area contributed by atoms with E-state index in [2.05, 4.69) is 0 Å². The number of rotatable bonds is 4. The first kappa shape index (κ1) is 16.1. The summed E-state index contributed by atoms with van der Waals surface area (Å²) in [5, 5.41) is 0.987. The molecule has 0 saturated heterocycles. The zero-order valence-corrected chi connectivity index (χ0v) is 14.5. The van der Waals surface area contributed by atoms with Crippen LogP contribution in [-0.2, 0) is 16.1 Å². The van der Waals surface area contributed by atoms with E-state index in [0.29, 0.717) is 12.1 Å². The van der Waals surface area contributed by atoms with Crippen LogP contribution < -0.4 is 10.6 Å². The van der Waals surface area contributed by atoms with Gasteiger partial charge in [-0.05, 0) is 25.1 Å². The second-order valence-electron chi connectivity index (χ2n) is 6.32. The lowest BCUT2D eigenvalue weighted by molar-refractivity contribution is -0.118. The average molecular weight is 345 g/mol. The van der Waals surface area contributed by atoms with Crippen molar-refractivity contribution >= 4 is 40.1 Å². The third-order valence-electron chi connectivity index (χ3n) is 4.72. The second kappa shape index (κ2) is 6.19. The maximum Gasteiger partial charge on any atom is 0.258 e. The van der Waals surface area contributed by atoms with Gasteiger partial charge in [-0.25, -0.2) is 0 Å². The van der Waals surface area contributed by atoms with E-state index in [1.54, 1.807) is 4.90 Å². The number of benzene rings is 2. The largest absolute Gasteiger partial charge is 0.368 e. The number of nitrogens with zero attached hydrogens (tertiary/aromatic N) is 2. The van der Waals surface area contributed by atoms with E-state index in [4.69, 9.17) is 5.73 Å². The van der Waals surface area contributed by atoms with Gasteiger partial charge >= 0.3 is 0 Å². The molecule has 2 amide bonds. The Balaban J connectivity index is 1.89. The van der Waals surface area contributed by atoms with E-state index in [1.165, 1.54) is 0 Å². The molecule has 0 aliphatic carbocycles. The van der Waals surface area contributed by atoms with Crippen molar-refractivity contribution in [3.05, 3.63) is 65.9 Å². The van der Waals surface area contributed by atoms with Crippen LogP contribution in [0.1, 0.15) is 18.1 Å². The maximum absolute atomic E-state index is 12.9. The van der Waals surface area contributed by atoms with Gasteiger partial charge < -0.3 is 15.2 Å². The molecule has 4 rings (SSSR count). The van der Waals surface area contributed by atoms with Crippen molar-refractivity contribution < 1.29 is 9.59 Å². The zero-order chi connectivity index (χ0) is 18.3. The molecular weight excluding hydrogens is 326 g/mol. The Morgan fingerprint density at radius 3 is 2.62 bits per heavy atom. The molecule has 5 nitrogen and oxygen atoms in total. The number of carbonyl (C=O) groups is 2. The second-order valence-corrected chi connectivity index (χ2v) is 6.32. The van der Waals surface area contributed by atoms with E-state index in [-0.39, 0.29) is 12.5 Å². The molecule has 0 spiro atoms. The van der Waals surface area contributed by atoms with Crippen molar-refractivity contribution in [3.63, 3.8) is 0 Å². The lowest BCUT2D eigenvalue weighted by Crippen LogP contribution is -2.25. The lowest BCUT2D eigenvalue weighted by atomic mass is 10.0. The summed E-state index contributed by atoms with van der Waals surface area (Å²) in [4.78, 5) is 26.1. The summed E-state index contributed by atoms with van der Waals surface area (Å²) in [7, 11) is 0. The molecule has 0 saturated carbocycles. The van der Waals surface area contributed by atoms with Crippen LogP contribution in [0.3, 0.4) is 0 Å². The third-order valence-corrected chi connectivity index (χ3v) is 4.72. The minimum absolute atomic E-state index is 0.000400. The summed E-state index contributed by atoms with van der Waals surface area (Å²) >= 11 is 0. The number of fused-ring (bicyclic) bond motifs is 2. The predicted octanol–water partition coefficient (Wildman–Crippen LogP) is 3.03. The lowest BCUT2D eigenvalue weighted by Gasteiger charge is -2.13. The number of hydrogen-bond donors (Lipinski definition) is 1. The number of primary amides is 1. The number of carbonyl (C=O) groups excluding carboxylic acids is 2. The molecule has 0 unspecified atom stereocenters. The van der Waals surface area contributed by atoms with Gasteiger partial charge in [0.25, 0.3) is 5.91 Å². The third kappa shape index (κ3) is 2.49. The molecule has 1 aromatic heterocycles. The molecule has 1 aliphatic heterocycles. The summed E-state index contributed by atoms with van der Waals surface area (Å²) in [6.07, 6.45) is 3.80. The highest BCUT2D eigenvalue weighted by atomic mass is 16.2. The molecule has 3 aromatic rings. The summed E-state index contributed by atoms with van der Waals surface area (Å²) in [6, 6.07) is 15.6. The highest BCUT2D eigenvalue weighted by Crippen LogP contribution is 2.38. The van der Waals surface area contributed by atoms with Crippen LogP contribution in [0.5, 0.6) is 0 Å². The Morgan fingerprint density at radius 2 is 1.85 bits per heavy atom. The number of nitrogens with two attached hydrogens (primary N) is 1. The van der Waals surface area contributed by atoms with Crippen LogP contribution in [0.4, 0.5) is 5.69 Å². The van der Waals surface area contributed by atoms with Gasteiger partial charge in [-0.15, -0.1) is 0 Å². The number of amides is 2. The Hall–Kier alpha value is -3.34. The van der Waals surface area contributed by atoms with Crippen LogP contribution in [0.2, 0.25) is 0 Å². The molecule has 1 aliphatic rings. The normalized spacial score (nSPS) is 15.0. The van der Waals surface area contributed by atoms with Gasteiger partial charge in [0.05, 0.1) is 5.69 Å². The maximum atomic E-state index is 12.9. The van der Waals surface area contributed by atoms with E-state index in [0.717, 1.165) is 27.7 Å². The van der Waals surface area contributed by atoms with Gasteiger partial charge in [-0.2, -0.15) is 0 Å². The van der Waals surface area contributed by atoms with Gasteiger partial charge in [0.2, 0.25) is 5.91 Å². The van der Waals surface area contributed by atoms with Crippen molar-refractivity contribution in [2.24, 2.45) is 5.73 Å². The molecule has 2 aromatic carbocycles. The molecular formula is C21H19N3O2. The average Bonchev–Trinajstić information content (AvgIpc) is 3.11. The van der Waals surface area contributed by atoms with E-state index >= 15 is 0 Å². The van der Waals surface area contributed by atoms with Gasteiger partial charge in [0.1, 0.15) is 6.54 Å². The fraction of sp³-hybridized carbons (Fsp3) is 0.143. The fourth-order valence-electron chi connectivity index (χ4n) is 3.60. The van der Waals surface area contributed by atoms with Crippen LogP contribution in [0.15, 0.2) is 54.7 Å². The molecule has 0 fully saturated rings. The SMILES string of the molecule is CCN1C(=O)C(=Cc2cn(CC(N)=O)c3ccccc23)c2ccccc21. The van der Waals surface area contributed by atoms with Crippen LogP contribution >= 0.6 is 0 Å². The van der Waals surface area contributed by atoms with E-state index in [9.17, 15) is 9.59 Å². The number of hydrogen-bond acceptors (Lipinski definition) is 2. The standard InChI is InChI=1S/C21H19N3O2/c1-2-24-19-10-6-4-8-16(19)17(21(24)26)11-14-12-23(13-20(22)25)18-9-5-3-7-15(14)18/h3-12H,2,13H2,1H3,(H2,22,25). The Kier molecular flexibility index (Phi) is 3.84. The van der Waals surface area contributed by atoms with Crippen LogP contribution in [0, 0.1) is 0 Å². The highest BCUT2D eigenvalue weighted by Gasteiger charge is 2.31. The van der Waals surface area contributed by atoms with Gasteiger partial charge in [-0.3, -0.25) is 9.59 Å². The Labute approximate surface area is 151 Å². The van der Waals surface area contributed by atoms with Crippen LogP contribution in [0.25, 0.3) is 22.6 Å². The quantitative estimate of drug-likeness (QED) is 0.739. The molecule has 5 heteroatoms. The molecule has 130 valence electrons. The van der Waals surface area contributed by atoms with Crippen molar-refractivity contribution in [2.45, 2.75) is 13.5 Å². The number of para-hydroxylation sites is 2. The number of likely N-dealkylation sites (N-methyl/N-ethyl adjacent to an activating group) is 1. The monoisotopic (exact) mass is 345 g/mol. The number of aromatic nitrogens is 1. The highest BCUT2D eigenvalue weighted by molar-refractivity contribution is 6.36. The Morgan fingerprint density at radius 1 is 1.12 bits per heavy atom. The molecule has 0 bridgehead atoms. The molecule has 2 N–H and O–H groups in total. The Bertz CT molecular complexity index is 1060. The number of anilines is 1. The summed E-state index contributed by atoms with van der Waals surface area (Å²) in [5.74, 6) is -0.398. The van der Waals surface area contributed by atoms with Crippen molar-refractivity contribution in [2.75, 3.05) is 11.4 Å². The summed E-state index contributed by atoms with van der Waals surface area (Å²) in [6.45, 7) is 2.70. The van der Waals surface area contributed by atoms with Crippen molar-refractivity contribution in [3.8, 4) is 0 Å². The predicted molar refractivity (Wildman–Crippen MR) is 103 cm³/mol. The molecule has 26 heavy (non-hydrogen) atoms. The first-order valence-electron chi connectivity index (χ1n) is 8.59. The fourth-order valence-corrected chi connectivity index (χ4v) is 3.60.